The number of nitrogens with zero attached hydrogens (tertiary/aromatic N) is 1. The number of sulfonamides is 1. The molecule has 0 aromatic heterocycles. The van der Waals surface area contributed by atoms with Crippen LogP contribution in [0, 0.1) is 0 Å². The number of phenols is 1. The second-order valence-corrected chi connectivity index (χ2v) is 7.23. The van der Waals surface area contributed by atoms with Gasteiger partial charge < -0.3 is 10.8 Å². The van der Waals surface area contributed by atoms with Gasteiger partial charge >= 0.3 is 35.6 Å². The maximum absolute atomic E-state index is 11.9. The summed E-state index contributed by atoms with van der Waals surface area (Å²) in [5, 5.41) is 15.1. The molecule has 0 saturated carbocycles. The van der Waals surface area contributed by atoms with Crippen molar-refractivity contribution in [3.63, 3.8) is 0 Å². The number of hydrogen-bond acceptors (Lipinski definition) is 4. The van der Waals surface area contributed by atoms with E-state index >= 15 is 0 Å². The molecular formula is C13H11Cl3N3NaO4S. The molecule has 0 saturated heterocycles. The second-order valence-electron chi connectivity index (χ2n) is 4.54. The molecule has 12 heteroatoms. The number of amides is 2. The molecule has 0 spiro atoms. The minimum absolute atomic E-state index is 0. The normalized spacial score (nSPS) is 10.9. The Morgan fingerprint density at radius 1 is 1.04 bits per heavy atom. The van der Waals surface area contributed by atoms with Crippen molar-refractivity contribution >= 4 is 91.8 Å². The summed E-state index contributed by atoms with van der Waals surface area (Å²) in [4.78, 5) is 11.9. The van der Waals surface area contributed by atoms with E-state index in [0.717, 1.165) is 11.0 Å². The summed E-state index contributed by atoms with van der Waals surface area (Å²) in [5.74, 6) is -0.847. The number of carbonyl (C=O) groups excluding carboxylic acids is 1. The van der Waals surface area contributed by atoms with Gasteiger partial charge in [0, 0.05) is 0 Å². The Balaban J connectivity index is 0.00000312. The van der Waals surface area contributed by atoms with E-state index in [0.29, 0.717) is 0 Å². The van der Waals surface area contributed by atoms with Gasteiger partial charge in [0.15, 0.2) is 5.75 Å². The average Bonchev–Trinajstić information content (AvgIpc) is 2.44. The molecule has 0 radical (unpaired) electrons. The van der Waals surface area contributed by atoms with Crippen molar-refractivity contribution < 1.29 is 18.3 Å². The van der Waals surface area contributed by atoms with Gasteiger partial charge in [-0.3, -0.25) is 4.90 Å². The van der Waals surface area contributed by atoms with Gasteiger partial charge in [0.2, 0.25) is 10.0 Å². The Morgan fingerprint density at radius 2 is 1.64 bits per heavy atom. The van der Waals surface area contributed by atoms with Crippen LogP contribution in [0.1, 0.15) is 0 Å². The number of hydrogen-bond donors (Lipinski definition) is 3. The minimum atomic E-state index is -4.37. The van der Waals surface area contributed by atoms with Crippen LogP contribution in [-0.4, -0.2) is 49.1 Å². The number of benzene rings is 2. The summed E-state index contributed by atoms with van der Waals surface area (Å²) in [6.07, 6.45) is 0. The number of urea groups is 1. The van der Waals surface area contributed by atoms with Crippen molar-refractivity contribution in [1.29, 1.82) is 0 Å². The van der Waals surface area contributed by atoms with Crippen molar-refractivity contribution in [2.24, 2.45) is 10.9 Å². The maximum atomic E-state index is 11.9. The second kappa shape index (κ2) is 8.32. The fourth-order valence-electron chi connectivity index (χ4n) is 2.02. The van der Waals surface area contributed by atoms with E-state index in [1.165, 1.54) is 24.3 Å². The van der Waals surface area contributed by atoms with E-state index in [2.05, 4.69) is 0 Å². The monoisotopic (exact) mass is 433 g/mol. The zero-order valence-corrected chi connectivity index (χ0v) is 14.8. The number of rotatable bonds is 3. The van der Waals surface area contributed by atoms with Crippen LogP contribution in [0.15, 0.2) is 35.2 Å². The van der Waals surface area contributed by atoms with E-state index in [9.17, 15) is 18.3 Å². The quantitative estimate of drug-likeness (QED) is 0.642. The Labute approximate surface area is 180 Å². The molecule has 0 heterocycles. The predicted molar refractivity (Wildman–Crippen MR) is 99.8 cm³/mol. The molecule has 0 aliphatic carbocycles. The van der Waals surface area contributed by atoms with Gasteiger partial charge in [-0.25, -0.2) is 18.4 Å². The molecule has 2 aromatic carbocycles. The summed E-state index contributed by atoms with van der Waals surface area (Å²) in [6.45, 7) is 0. The van der Waals surface area contributed by atoms with Gasteiger partial charge in [0.25, 0.3) is 0 Å². The van der Waals surface area contributed by atoms with Gasteiger partial charge in [-0.2, -0.15) is 0 Å². The molecule has 0 fully saturated rings. The molecule has 2 rings (SSSR count). The van der Waals surface area contributed by atoms with E-state index < -0.39 is 26.7 Å². The Kier molecular flexibility index (Phi) is 7.43. The van der Waals surface area contributed by atoms with Crippen LogP contribution in [-0.2, 0) is 10.0 Å². The third-order valence-electron chi connectivity index (χ3n) is 2.98. The van der Waals surface area contributed by atoms with Crippen molar-refractivity contribution in [1.82, 2.24) is 0 Å². The molecule has 5 N–H and O–H groups in total. The van der Waals surface area contributed by atoms with Crippen LogP contribution in [0.25, 0.3) is 0 Å². The van der Waals surface area contributed by atoms with E-state index in [-0.39, 0.29) is 56.0 Å². The first-order chi connectivity index (χ1) is 11.1. The van der Waals surface area contributed by atoms with Crippen molar-refractivity contribution in [3.8, 4) is 5.75 Å². The molecule has 0 aliphatic rings. The molecule has 130 valence electrons. The van der Waals surface area contributed by atoms with Crippen molar-refractivity contribution in [2.75, 3.05) is 4.90 Å². The number of anilines is 2. The first-order valence-corrected chi connectivity index (χ1v) is 8.81. The molecular weight excluding hydrogens is 424 g/mol. The molecule has 7 nitrogen and oxygen atoms in total. The fourth-order valence-corrected chi connectivity index (χ4v) is 3.59. The topological polar surface area (TPSA) is 127 Å². The zero-order chi connectivity index (χ0) is 18.2. The SMILES string of the molecule is NC(=O)N(c1ccc(Cl)c(S(N)(=O)=O)c1O)c1cccc(Cl)c1Cl.[NaH]. The van der Waals surface area contributed by atoms with Crippen LogP contribution in [0.4, 0.5) is 16.2 Å². The van der Waals surface area contributed by atoms with E-state index in [4.69, 9.17) is 45.7 Å². The molecule has 25 heavy (non-hydrogen) atoms. The van der Waals surface area contributed by atoms with Crippen molar-refractivity contribution in [2.45, 2.75) is 4.90 Å². The number of nitrogens with two attached hydrogens (primary N) is 2. The average molecular weight is 435 g/mol. The molecule has 0 unspecified atom stereocenters. The van der Waals surface area contributed by atoms with E-state index in [1.807, 2.05) is 0 Å². The van der Waals surface area contributed by atoms with Gasteiger partial charge in [-0.1, -0.05) is 40.9 Å². The third kappa shape index (κ3) is 4.53. The van der Waals surface area contributed by atoms with Gasteiger partial charge in [0.05, 0.1) is 26.4 Å². The zero-order valence-electron chi connectivity index (χ0n) is 11.7. The fraction of sp³-hybridized carbons (Fsp3) is 0. The molecule has 0 atom stereocenters. The Morgan fingerprint density at radius 3 is 2.16 bits per heavy atom. The standard InChI is InChI=1S/C13H10Cl3N3O4S.Na.H/c14-6-2-1-3-8(10(6)16)19(13(17)21)9-5-4-7(15)12(11(9)20)24(18,22)23;;/h1-5,20H,(H2,17,21)(H2,18,22,23);;. The number of aromatic hydroxyl groups is 1. The summed E-state index contributed by atoms with van der Waals surface area (Å²) in [6, 6.07) is 5.66. The number of primary amides is 1. The van der Waals surface area contributed by atoms with Gasteiger partial charge in [-0.15, -0.1) is 0 Å². The third-order valence-corrected chi connectivity index (χ3v) is 5.20. The molecule has 0 bridgehead atoms. The molecule has 2 aromatic rings. The number of phenolic OH excluding ortho intramolecular Hbond substituents is 1. The van der Waals surface area contributed by atoms with E-state index in [1.54, 1.807) is 0 Å². The summed E-state index contributed by atoms with van der Waals surface area (Å²) < 4.78 is 23.3. The number of primary sulfonamides is 1. The Hall–Kier alpha value is -0.710. The summed E-state index contributed by atoms with van der Waals surface area (Å²) >= 11 is 17.7. The van der Waals surface area contributed by atoms with Gasteiger partial charge in [-0.05, 0) is 24.3 Å². The van der Waals surface area contributed by atoms with Crippen molar-refractivity contribution in [3.05, 3.63) is 45.4 Å². The first-order valence-electron chi connectivity index (χ1n) is 6.13. The number of halogens is 3. The van der Waals surface area contributed by atoms with Crippen LogP contribution in [0.5, 0.6) is 5.75 Å². The number of carbonyl (C=O) groups is 1. The van der Waals surface area contributed by atoms with Crippen LogP contribution in [0.2, 0.25) is 15.1 Å². The molecule has 2 amide bonds. The molecule has 0 aliphatic heterocycles. The predicted octanol–water partition coefficient (Wildman–Crippen LogP) is 2.57. The van der Waals surface area contributed by atoms with Gasteiger partial charge in [0.1, 0.15) is 4.90 Å². The van der Waals surface area contributed by atoms with Crippen LogP contribution in [0.3, 0.4) is 0 Å². The van der Waals surface area contributed by atoms with Crippen LogP contribution < -0.4 is 15.8 Å². The van der Waals surface area contributed by atoms with Crippen LogP contribution >= 0.6 is 34.8 Å². The summed E-state index contributed by atoms with van der Waals surface area (Å²) in [5.41, 5.74) is 5.11. The first kappa shape index (κ1) is 22.3. The Bertz CT molecular complexity index is 940. The summed E-state index contributed by atoms with van der Waals surface area (Å²) in [7, 11) is -4.37.